The van der Waals surface area contributed by atoms with Gasteiger partial charge < -0.3 is 0 Å². The van der Waals surface area contributed by atoms with Gasteiger partial charge in [-0.05, 0) is 41.5 Å². The summed E-state index contributed by atoms with van der Waals surface area (Å²) in [4.78, 5) is 12.0. The molecule has 0 spiro atoms. The van der Waals surface area contributed by atoms with Crippen LogP contribution in [0.2, 0.25) is 0 Å². The maximum absolute atomic E-state index is 12.0. The predicted molar refractivity (Wildman–Crippen MR) is 84.5 cm³/mol. The molecule has 0 saturated heterocycles. The van der Waals surface area contributed by atoms with Gasteiger partial charge in [0.25, 0.3) is 0 Å². The van der Waals surface area contributed by atoms with E-state index in [1.54, 1.807) is 6.92 Å². The summed E-state index contributed by atoms with van der Waals surface area (Å²) in [6.45, 7) is 1.70. The van der Waals surface area contributed by atoms with Gasteiger partial charge in [0.15, 0.2) is 5.78 Å². The van der Waals surface area contributed by atoms with Gasteiger partial charge in [-0.25, -0.2) is 0 Å². The average Bonchev–Trinajstić information content (AvgIpc) is 2.55. The molecule has 2 aromatic carbocycles. The first-order chi connectivity index (χ1) is 10.3. The molecule has 0 aromatic heterocycles. The smallest absolute Gasteiger partial charge is 0.156 e. The number of allylic oxidation sites excluding steroid dienone is 2. The largest absolute Gasteiger partial charge is 0.295 e. The van der Waals surface area contributed by atoms with Crippen molar-refractivity contribution < 1.29 is 4.79 Å². The molecule has 0 saturated carbocycles. The van der Waals surface area contributed by atoms with Crippen LogP contribution in [0.5, 0.6) is 0 Å². The van der Waals surface area contributed by atoms with Crippen molar-refractivity contribution in [2.45, 2.75) is 31.1 Å². The van der Waals surface area contributed by atoms with Crippen molar-refractivity contribution in [2.24, 2.45) is 0 Å². The highest BCUT2D eigenvalue weighted by Crippen LogP contribution is 2.55. The number of carbonyl (C=O) groups excluding carboxylic acids is 1. The molecule has 0 radical (unpaired) electrons. The van der Waals surface area contributed by atoms with Crippen LogP contribution in [-0.2, 0) is 4.79 Å². The first kappa shape index (κ1) is 12.6. The lowest BCUT2D eigenvalue weighted by molar-refractivity contribution is -0.114. The molecule has 104 valence electrons. The van der Waals surface area contributed by atoms with Gasteiger partial charge in [-0.3, -0.25) is 4.79 Å². The Morgan fingerprint density at radius 3 is 2.33 bits per heavy atom. The maximum atomic E-state index is 12.0. The molecule has 1 heteroatoms. The molecule has 0 heterocycles. The van der Waals surface area contributed by atoms with Crippen LogP contribution in [0.3, 0.4) is 0 Å². The van der Waals surface area contributed by atoms with Crippen molar-refractivity contribution >= 4 is 5.78 Å². The fourth-order valence-electron chi connectivity index (χ4n) is 4.09. The second-order valence-electron chi connectivity index (χ2n) is 6.14. The van der Waals surface area contributed by atoms with Crippen molar-refractivity contribution in [3.8, 4) is 0 Å². The van der Waals surface area contributed by atoms with E-state index in [1.807, 2.05) is 0 Å². The maximum Gasteiger partial charge on any atom is 0.156 e. The Hall–Kier alpha value is -2.15. The van der Waals surface area contributed by atoms with Gasteiger partial charge in [-0.15, -0.1) is 0 Å². The van der Waals surface area contributed by atoms with E-state index in [9.17, 15) is 4.79 Å². The number of Topliss-reactive ketones (excluding diaryl/α,β-unsaturated/α-hetero) is 1. The van der Waals surface area contributed by atoms with E-state index in [2.05, 4.69) is 60.7 Å². The van der Waals surface area contributed by atoms with Crippen LogP contribution in [0.4, 0.5) is 0 Å². The van der Waals surface area contributed by atoms with Crippen LogP contribution in [0.25, 0.3) is 0 Å². The fourth-order valence-corrected chi connectivity index (χ4v) is 4.09. The quantitative estimate of drug-likeness (QED) is 0.784. The first-order valence-corrected chi connectivity index (χ1v) is 7.62. The molecule has 3 atom stereocenters. The molecular weight excluding hydrogens is 256 g/mol. The minimum atomic E-state index is 0.228. The predicted octanol–water partition coefficient (Wildman–Crippen LogP) is 4.57. The lowest BCUT2D eigenvalue weighted by atomic mass is 9.60. The summed E-state index contributed by atoms with van der Waals surface area (Å²) < 4.78 is 0. The van der Waals surface area contributed by atoms with E-state index in [1.165, 1.54) is 16.7 Å². The summed E-state index contributed by atoms with van der Waals surface area (Å²) >= 11 is 0. The summed E-state index contributed by atoms with van der Waals surface area (Å²) in [6, 6.07) is 19.4. The molecule has 0 fully saturated rings. The van der Waals surface area contributed by atoms with Crippen LogP contribution in [-0.4, -0.2) is 5.78 Å². The number of hydrogen-bond donors (Lipinski definition) is 0. The van der Waals surface area contributed by atoms with E-state index < -0.39 is 0 Å². The van der Waals surface area contributed by atoms with Crippen molar-refractivity contribution in [3.63, 3.8) is 0 Å². The van der Waals surface area contributed by atoms with Crippen LogP contribution in [0.1, 0.15) is 47.8 Å². The lowest BCUT2D eigenvalue weighted by Crippen LogP contribution is -2.29. The van der Waals surface area contributed by atoms with Crippen LogP contribution in [0.15, 0.2) is 66.2 Å². The topological polar surface area (TPSA) is 17.1 Å². The van der Waals surface area contributed by atoms with Crippen LogP contribution >= 0.6 is 0 Å². The Morgan fingerprint density at radius 1 is 0.952 bits per heavy atom. The number of ketones is 1. The average molecular weight is 274 g/mol. The third-order valence-corrected chi connectivity index (χ3v) is 5.02. The van der Waals surface area contributed by atoms with E-state index in [0.29, 0.717) is 11.8 Å². The molecule has 2 aromatic rings. The van der Waals surface area contributed by atoms with Gasteiger partial charge in [-0.2, -0.15) is 0 Å². The van der Waals surface area contributed by atoms with Gasteiger partial charge in [0, 0.05) is 11.8 Å². The summed E-state index contributed by atoms with van der Waals surface area (Å²) in [5, 5.41) is 0. The molecular formula is C20H18O. The van der Waals surface area contributed by atoms with Crippen molar-refractivity contribution in [1.29, 1.82) is 0 Å². The summed E-state index contributed by atoms with van der Waals surface area (Å²) in [7, 11) is 0. The van der Waals surface area contributed by atoms with Gasteiger partial charge >= 0.3 is 0 Å². The zero-order valence-corrected chi connectivity index (χ0v) is 12.1. The standard InChI is InChI=1S/C20H18O/c1-13(21)17-11-20-16-10-6-5-9-15(16)19(17)12-18(20)14-7-3-2-4-8-14/h2-11,18-20H,12H2,1H3. The number of hydrogen-bond acceptors (Lipinski definition) is 1. The molecule has 3 unspecified atom stereocenters. The van der Waals surface area contributed by atoms with Crippen molar-refractivity contribution in [3.05, 3.63) is 82.9 Å². The third kappa shape index (κ3) is 1.88. The van der Waals surface area contributed by atoms with Gasteiger partial charge in [0.2, 0.25) is 0 Å². The van der Waals surface area contributed by atoms with Gasteiger partial charge in [0.05, 0.1) is 0 Å². The SMILES string of the molecule is CC(=O)C1=CC2c3ccccc3C1CC2c1ccccc1. The number of benzene rings is 2. The molecule has 0 amide bonds. The fraction of sp³-hybridized carbons (Fsp3) is 0.250. The minimum Gasteiger partial charge on any atom is -0.295 e. The number of rotatable bonds is 2. The molecule has 3 aliphatic carbocycles. The van der Waals surface area contributed by atoms with E-state index in [-0.39, 0.29) is 11.7 Å². The van der Waals surface area contributed by atoms with Crippen LogP contribution < -0.4 is 0 Å². The highest BCUT2D eigenvalue weighted by molar-refractivity contribution is 5.96. The third-order valence-electron chi connectivity index (χ3n) is 5.02. The minimum absolute atomic E-state index is 0.228. The zero-order valence-electron chi connectivity index (χ0n) is 12.1. The second kappa shape index (κ2) is 4.70. The summed E-state index contributed by atoms with van der Waals surface area (Å²) in [5.41, 5.74) is 5.18. The summed E-state index contributed by atoms with van der Waals surface area (Å²) in [6.07, 6.45) is 3.29. The molecule has 2 bridgehead atoms. The Morgan fingerprint density at radius 2 is 1.62 bits per heavy atom. The molecule has 1 nitrogen and oxygen atoms in total. The second-order valence-corrected chi connectivity index (χ2v) is 6.14. The van der Waals surface area contributed by atoms with E-state index in [0.717, 1.165) is 12.0 Å². The number of carbonyl (C=O) groups is 1. The zero-order chi connectivity index (χ0) is 14.4. The lowest BCUT2D eigenvalue weighted by Gasteiger charge is -2.43. The molecule has 5 rings (SSSR count). The molecule has 0 aliphatic heterocycles. The highest BCUT2D eigenvalue weighted by Gasteiger charge is 2.41. The van der Waals surface area contributed by atoms with Crippen molar-refractivity contribution in [1.82, 2.24) is 0 Å². The van der Waals surface area contributed by atoms with E-state index in [4.69, 9.17) is 0 Å². The van der Waals surface area contributed by atoms with Crippen LogP contribution in [0, 0.1) is 0 Å². The molecule has 21 heavy (non-hydrogen) atoms. The Labute approximate surface area is 125 Å². The Kier molecular flexibility index (Phi) is 2.81. The Balaban J connectivity index is 1.86. The summed E-state index contributed by atoms with van der Waals surface area (Å²) in [5.74, 6) is 1.33. The molecule has 3 aliphatic rings. The normalized spacial score (nSPS) is 26.1. The molecule has 0 N–H and O–H groups in total. The van der Waals surface area contributed by atoms with E-state index >= 15 is 0 Å². The van der Waals surface area contributed by atoms with Gasteiger partial charge in [-0.1, -0.05) is 60.7 Å². The monoisotopic (exact) mass is 274 g/mol. The highest BCUT2D eigenvalue weighted by atomic mass is 16.1. The first-order valence-electron chi connectivity index (χ1n) is 7.62. The van der Waals surface area contributed by atoms with Gasteiger partial charge in [0.1, 0.15) is 0 Å². The van der Waals surface area contributed by atoms with Crippen molar-refractivity contribution in [2.75, 3.05) is 0 Å². The number of fused-ring (bicyclic) bond motifs is 1. The Bertz CT molecular complexity index is 727.